The van der Waals surface area contributed by atoms with Crippen LogP contribution in [0.5, 0.6) is 5.75 Å². The van der Waals surface area contributed by atoms with Crippen LogP contribution in [0.4, 0.5) is 5.69 Å². The summed E-state index contributed by atoms with van der Waals surface area (Å²) < 4.78 is 11.8. The summed E-state index contributed by atoms with van der Waals surface area (Å²) in [5, 5.41) is 6.97. The van der Waals surface area contributed by atoms with Gasteiger partial charge in [-0.2, -0.15) is 0 Å². The fourth-order valence-electron chi connectivity index (χ4n) is 4.41. The average Bonchev–Trinajstić information content (AvgIpc) is 3.52. The third-order valence-electron chi connectivity index (χ3n) is 6.31. The fraction of sp³-hybridized carbons (Fsp3) is 0.500. The SMILES string of the molecule is CN=C(NCc1ccc(C)cc1OCC1CCCO1)NCC1CCN(c2ccccc2)C1. The van der Waals surface area contributed by atoms with Crippen molar-refractivity contribution in [3.8, 4) is 5.75 Å². The molecule has 6 nitrogen and oxygen atoms in total. The second-order valence-electron chi connectivity index (χ2n) is 8.80. The minimum atomic E-state index is 0.215. The van der Waals surface area contributed by atoms with Crippen LogP contribution in [-0.4, -0.2) is 52.0 Å². The largest absolute Gasteiger partial charge is 0.491 e. The standard InChI is InChI=1S/C26H36N4O2/c1-20-10-11-22(25(15-20)32-19-24-9-6-14-31-24)17-29-26(27-2)28-16-21-12-13-30(18-21)23-7-4-3-5-8-23/h3-5,7-8,10-11,15,21,24H,6,9,12-14,16-19H2,1-2H3,(H2,27,28,29). The molecule has 0 aliphatic carbocycles. The highest BCUT2D eigenvalue weighted by molar-refractivity contribution is 5.79. The zero-order valence-electron chi connectivity index (χ0n) is 19.3. The minimum Gasteiger partial charge on any atom is -0.491 e. The molecule has 0 bridgehead atoms. The summed E-state index contributed by atoms with van der Waals surface area (Å²) in [4.78, 5) is 6.88. The summed E-state index contributed by atoms with van der Waals surface area (Å²) in [7, 11) is 1.82. The van der Waals surface area contributed by atoms with Crippen LogP contribution in [0.25, 0.3) is 0 Å². The number of guanidine groups is 1. The van der Waals surface area contributed by atoms with Crippen LogP contribution in [0.1, 0.15) is 30.4 Å². The highest BCUT2D eigenvalue weighted by Gasteiger charge is 2.22. The van der Waals surface area contributed by atoms with E-state index in [0.29, 0.717) is 19.1 Å². The molecule has 2 fully saturated rings. The van der Waals surface area contributed by atoms with Gasteiger partial charge < -0.3 is 25.0 Å². The highest BCUT2D eigenvalue weighted by Crippen LogP contribution is 2.24. The predicted molar refractivity (Wildman–Crippen MR) is 131 cm³/mol. The molecule has 2 saturated heterocycles. The first-order valence-electron chi connectivity index (χ1n) is 11.8. The van der Waals surface area contributed by atoms with Gasteiger partial charge in [0.25, 0.3) is 0 Å². The summed E-state index contributed by atoms with van der Waals surface area (Å²) in [5.74, 6) is 2.37. The quantitative estimate of drug-likeness (QED) is 0.488. The van der Waals surface area contributed by atoms with Gasteiger partial charge in [-0.15, -0.1) is 0 Å². The first-order valence-corrected chi connectivity index (χ1v) is 11.8. The Balaban J connectivity index is 1.25. The number of hydrogen-bond acceptors (Lipinski definition) is 4. The van der Waals surface area contributed by atoms with E-state index >= 15 is 0 Å². The molecular weight excluding hydrogens is 400 g/mol. The number of ether oxygens (including phenoxy) is 2. The minimum absolute atomic E-state index is 0.215. The van der Waals surface area contributed by atoms with Crippen molar-refractivity contribution in [2.75, 3.05) is 44.8 Å². The maximum Gasteiger partial charge on any atom is 0.191 e. The van der Waals surface area contributed by atoms with Gasteiger partial charge in [0.2, 0.25) is 0 Å². The van der Waals surface area contributed by atoms with Gasteiger partial charge >= 0.3 is 0 Å². The Hall–Kier alpha value is -2.73. The third-order valence-corrected chi connectivity index (χ3v) is 6.31. The van der Waals surface area contributed by atoms with Gasteiger partial charge in [-0.3, -0.25) is 4.99 Å². The Bertz CT molecular complexity index is 881. The summed E-state index contributed by atoms with van der Waals surface area (Å²) in [6, 6.07) is 17.0. The molecule has 0 radical (unpaired) electrons. The topological polar surface area (TPSA) is 58.1 Å². The number of hydrogen-bond donors (Lipinski definition) is 2. The van der Waals surface area contributed by atoms with Crippen molar-refractivity contribution < 1.29 is 9.47 Å². The molecule has 2 unspecified atom stereocenters. The first kappa shape index (κ1) is 22.5. The summed E-state index contributed by atoms with van der Waals surface area (Å²) >= 11 is 0. The van der Waals surface area contributed by atoms with E-state index in [1.165, 1.54) is 17.7 Å². The van der Waals surface area contributed by atoms with Gasteiger partial charge in [-0.05, 0) is 55.9 Å². The third kappa shape index (κ3) is 6.16. The maximum atomic E-state index is 6.13. The molecule has 2 aromatic carbocycles. The van der Waals surface area contributed by atoms with Gasteiger partial charge in [-0.25, -0.2) is 0 Å². The Morgan fingerprint density at radius 1 is 1.16 bits per heavy atom. The molecule has 6 heteroatoms. The Morgan fingerprint density at radius 3 is 2.81 bits per heavy atom. The number of para-hydroxylation sites is 1. The van der Waals surface area contributed by atoms with Gasteiger partial charge in [0, 0.05) is 51.1 Å². The maximum absolute atomic E-state index is 6.13. The van der Waals surface area contributed by atoms with E-state index < -0.39 is 0 Å². The Labute approximate surface area is 192 Å². The number of aryl methyl sites for hydroxylation is 1. The van der Waals surface area contributed by atoms with Crippen molar-refractivity contribution in [1.82, 2.24) is 10.6 Å². The molecule has 0 spiro atoms. The molecule has 172 valence electrons. The zero-order valence-corrected chi connectivity index (χ0v) is 19.3. The van der Waals surface area contributed by atoms with Crippen molar-refractivity contribution in [2.24, 2.45) is 10.9 Å². The number of nitrogens with zero attached hydrogens (tertiary/aromatic N) is 2. The van der Waals surface area contributed by atoms with Crippen LogP contribution in [0.15, 0.2) is 53.5 Å². The average molecular weight is 437 g/mol. The van der Waals surface area contributed by atoms with Crippen LogP contribution >= 0.6 is 0 Å². The number of aliphatic imine (C=N–C) groups is 1. The van der Waals surface area contributed by atoms with E-state index in [2.05, 4.69) is 76.0 Å². The fourth-order valence-corrected chi connectivity index (χ4v) is 4.41. The van der Waals surface area contributed by atoms with E-state index in [-0.39, 0.29) is 6.10 Å². The molecule has 2 atom stereocenters. The number of rotatable bonds is 8. The second kappa shape index (κ2) is 11.2. The Kier molecular flexibility index (Phi) is 7.88. The van der Waals surface area contributed by atoms with Crippen LogP contribution in [-0.2, 0) is 11.3 Å². The highest BCUT2D eigenvalue weighted by atomic mass is 16.5. The molecular formula is C26H36N4O2. The number of anilines is 1. The van der Waals surface area contributed by atoms with E-state index in [0.717, 1.165) is 56.4 Å². The van der Waals surface area contributed by atoms with Crippen LogP contribution < -0.4 is 20.3 Å². The van der Waals surface area contributed by atoms with Crippen molar-refractivity contribution in [3.63, 3.8) is 0 Å². The van der Waals surface area contributed by atoms with Crippen molar-refractivity contribution >= 4 is 11.6 Å². The van der Waals surface area contributed by atoms with Gasteiger partial charge in [0.1, 0.15) is 12.4 Å². The zero-order chi connectivity index (χ0) is 22.2. The lowest BCUT2D eigenvalue weighted by Gasteiger charge is -2.20. The van der Waals surface area contributed by atoms with Gasteiger partial charge in [0.05, 0.1) is 6.10 Å². The van der Waals surface area contributed by atoms with Gasteiger partial charge in [0.15, 0.2) is 5.96 Å². The molecule has 0 saturated carbocycles. The van der Waals surface area contributed by atoms with Crippen molar-refractivity contribution in [3.05, 3.63) is 59.7 Å². The second-order valence-corrected chi connectivity index (χ2v) is 8.80. The summed E-state index contributed by atoms with van der Waals surface area (Å²) in [6.07, 6.45) is 3.62. The number of nitrogens with one attached hydrogen (secondary N) is 2. The van der Waals surface area contributed by atoms with E-state index in [4.69, 9.17) is 9.47 Å². The predicted octanol–water partition coefficient (Wildman–Crippen LogP) is 3.74. The molecule has 2 aliphatic heterocycles. The molecule has 4 rings (SSSR count). The normalized spacial score (nSPS) is 21.1. The molecule has 0 amide bonds. The van der Waals surface area contributed by atoms with Crippen LogP contribution in [0, 0.1) is 12.8 Å². The molecule has 2 N–H and O–H groups in total. The smallest absolute Gasteiger partial charge is 0.191 e. The molecule has 32 heavy (non-hydrogen) atoms. The summed E-state index contributed by atoms with van der Waals surface area (Å²) in [6.45, 7) is 7.33. The van der Waals surface area contributed by atoms with Crippen LogP contribution in [0.2, 0.25) is 0 Å². The van der Waals surface area contributed by atoms with Crippen molar-refractivity contribution in [1.29, 1.82) is 0 Å². The lowest BCUT2D eigenvalue weighted by atomic mass is 10.1. The van der Waals surface area contributed by atoms with E-state index in [9.17, 15) is 0 Å². The molecule has 2 aliphatic rings. The molecule has 2 heterocycles. The number of benzene rings is 2. The Morgan fingerprint density at radius 2 is 2.03 bits per heavy atom. The lowest BCUT2D eigenvalue weighted by Crippen LogP contribution is -2.40. The molecule has 2 aromatic rings. The molecule has 0 aromatic heterocycles. The van der Waals surface area contributed by atoms with E-state index in [1.54, 1.807) is 0 Å². The van der Waals surface area contributed by atoms with Crippen LogP contribution in [0.3, 0.4) is 0 Å². The van der Waals surface area contributed by atoms with E-state index in [1.807, 2.05) is 7.05 Å². The first-order chi connectivity index (χ1) is 15.7. The monoisotopic (exact) mass is 436 g/mol. The van der Waals surface area contributed by atoms with Gasteiger partial charge in [-0.1, -0.05) is 30.3 Å². The lowest BCUT2D eigenvalue weighted by molar-refractivity contribution is 0.0676. The summed E-state index contributed by atoms with van der Waals surface area (Å²) in [5.41, 5.74) is 3.64. The van der Waals surface area contributed by atoms with Crippen molar-refractivity contribution in [2.45, 2.75) is 38.8 Å².